The van der Waals surface area contributed by atoms with Gasteiger partial charge in [0.05, 0.1) is 22.7 Å². The Kier molecular flexibility index (Phi) is 5.69. The SMILES string of the molecule is Cc1c(NC(=O)CN2CCC(c3nc4cc(Cl)ccc4o3)CC2)cccc1[N+](=O)[O-]. The first-order valence-electron chi connectivity index (χ1n) is 9.73. The standard InChI is InChI=1S/C21H21ClN4O4/c1-13-16(3-2-4-18(13)26(28)29)23-20(27)12-25-9-7-14(8-10-25)21-24-17-11-15(22)5-6-19(17)30-21/h2-6,11,14H,7-10,12H2,1H3,(H,23,27). The average Bonchev–Trinajstić information content (AvgIpc) is 3.13. The van der Waals surface area contributed by atoms with E-state index in [1.165, 1.54) is 6.07 Å². The molecular formula is C21H21ClN4O4. The van der Waals surface area contributed by atoms with Crippen LogP contribution in [0.15, 0.2) is 40.8 Å². The lowest BCUT2D eigenvalue weighted by Crippen LogP contribution is -2.38. The van der Waals surface area contributed by atoms with Crippen molar-refractivity contribution in [2.24, 2.45) is 0 Å². The van der Waals surface area contributed by atoms with Crippen LogP contribution in [0.5, 0.6) is 0 Å². The third-order valence-electron chi connectivity index (χ3n) is 5.45. The predicted molar refractivity (Wildman–Crippen MR) is 114 cm³/mol. The first kappa shape index (κ1) is 20.3. The summed E-state index contributed by atoms with van der Waals surface area (Å²) in [6.07, 6.45) is 1.67. The molecule has 4 rings (SSSR count). The molecule has 8 nitrogen and oxygen atoms in total. The Labute approximate surface area is 178 Å². The third-order valence-corrected chi connectivity index (χ3v) is 5.68. The fourth-order valence-electron chi connectivity index (χ4n) is 3.78. The molecule has 156 valence electrons. The Morgan fingerprint density at radius 2 is 2.10 bits per heavy atom. The number of halogens is 1. The Balaban J connectivity index is 1.34. The number of rotatable bonds is 5. The smallest absolute Gasteiger partial charge is 0.274 e. The lowest BCUT2D eigenvalue weighted by molar-refractivity contribution is -0.385. The van der Waals surface area contributed by atoms with E-state index in [0.29, 0.717) is 22.2 Å². The minimum atomic E-state index is -0.449. The molecule has 3 aromatic rings. The molecule has 0 bridgehead atoms. The maximum absolute atomic E-state index is 12.4. The van der Waals surface area contributed by atoms with Crippen molar-refractivity contribution in [2.45, 2.75) is 25.7 Å². The van der Waals surface area contributed by atoms with Crippen LogP contribution in [0, 0.1) is 17.0 Å². The molecule has 0 radical (unpaired) electrons. The van der Waals surface area contributed by atoms with E-state index < -0.39 is 4.92 Å². The fraction of sp³-hybridized carbons (Fsp3) is 0.333. The van der Waals surface area contributed by atoms with Gasteiger partial charge in [0.2, 0.25) is 5.91 Å². The molecule has 0 atom stereocenters. The van der Waals surface area contributed by atoms with Crippen LogP contribution in [-0.4, -0.2) is 40.3 Å². The molecule has 30 heavy (non-hydrogen) atoms. The van der Waals surface area contributed by atoms with Gasteiger partial charge in [-0.05, 0) is 57.1 Å². The van der Waals surface area contributed by atoms with Gasteiger partial charge in [0.25, 0.3) is 5.69 Å². The predicted octanol–water partition coefficient (Wildman–Crippen LogP) is 4.52. The van der Waals surface area contributed by atoms with Crippen LogP contribution in [0.2, 0.25) is 5.02 Å². The molecule has 1 fully saturated rings. The number of nitro groups is 1. The van der Waals surface area contributed by atoms with E-state index in [1.807, 2.05) is 6.07 Å². The molecule has 1 aliphatic heterocycles. The molecule has 2 aromatic carbocycles. The van der Waals surface area contributed by atoms with Crippen molar-refractivity contribution in [3.05, 3.63) is 63.0 Å². The number of likely N-dealkylation sites (tertiary alicyclic amines) is 1. The van der Waals surface area contributed by atoms with Gasteiger partial charge in [0, 0.05) is 17.0 Å². The van der Waals surface area contributed by atoms with E-state index in [4.69, 9.17) is 16.0 Å². The van der Waals surface area contributed by atoms with Gasteiger partial charge in [0.1, 0.15) is 5.52 Å². The summed E-state index contributed by atoms with van der Waals surface area (Å²) in [5, 5.41) is 14.5. The molecule has 0 unspecified atom stereocenters. The Hall–Kier alpha value is -2.97. The lowest BCUT2D eigenvalue weighted by atomic mass is 9.97. The molecule has 1 N–H and O–H groups in total. The van der Waals surface area contributed by atoms with Gasteiger partial charge >= 0.3 is 0 Å². The van der Waals surface area contributed by atoms with Crippen molar-refractivity contribution in [2.75, 3.05) is 25.0 Å². The summed E-state index contributed by atoms with van der Waals surface area (Å²) in [6.45, 7) is 3.35. The summed E-state index contributed by atoms with van der Waals surface area (Å²) in [5.41, 5.74) is 2.39. The second-order valence-electron chi connectivity index (χ2n) is 7.47. The second kappa shape index (κ2) is 8.41. The zero-order valence-electron chi connectivity index (χ0n) is 16.4. The number of fused-ring (bicyclic) bond motifs is 1. The highest BCUT2D eigenvalue weighted by atomic mass is 35.5. The Bertz CT molecular complexity index is 1110. The number of anilines is 1. The second-order valence-corrected chi connectivity index (χ2v) is 7.91. The summed E-state index contributed by atoms with van der Waals surface area (Å²) in [4.78, 5) is 29.7. The van der Waals surface area contributed by atoms with Crippen molar-refractivity contribution < 1.29 is 14.1 Å². The highest BCUT2D eigenvalue weighted by Gasteiger charge is 2.26. The van der Waals surface area contributed by atoms with Gasteiger partial charge in [-0.15, -0.1) is 0 Å². The third kappa shape index (κ3) is 4.29. The van der Waals surface area contributed by atoms with Gasteiger partial charge in [-0.3, -0.25) is 19.8 Å². The molecule has 0 aliphatic carbocycles. The number of hydrogen-bond acceptors (Lipinski definition) is 6. The number of nitrogens with one attached hydrogen (secondary N) is 1. The summed E-state index contributed by atoms with van der Waals surface area (Å²) in [7, 11) is 0. The molecule has 0 saturated carbocycles. The number of oxazole rings is 1. The van der Waals surface area contributed by atoms with Gasteiger partial charge < -0.3 is 9.73 Å². The molecule has 9 heteroatoms. The summed E-state index contributed by atoms with van der Waals surface area (Å²) in [5.74, 6) is 0.728. The quantitative estimate of drug-likeness (QED) is 0.473. The lowest BCUT2D eigenvalue weighted by Gasteiger charge is -2.29. The number of nitrogens with zero attached hydrogens (tertiary/aromatic N) is 3. The van der Waals surface area contributed by atoms with Gasteiger partial charge in [0.15, 0.2) is 11.5 Å². The van der Waals surface area contributed by atoms with E-state index in [1.54, 1.807) is 31.2 Å². The van der Waals surface area contributed by atoms with E-state index in [0.717, 1.165) is 37.0 Å². The monoisotopic (exact) mass is 428 g/mol. The van der Waals surface area contributed by atoms with Gasteiger partial charge in [-0.1, -0.05) is 17.7 Å². The maximum Gasteiger partial charge on any atom is 0.274 e. The molecular weight excluding hydrogens is 408 g/mol. The summed E-state index contributed by atoms with van der Waals surface area (Å²) >= 11 is 6.01. The first-order valence-corrected chi connectivity index (χ1v) is 10.1. The number of hydrogen-bond donors (Lipinski definition) is 1. The fourth-order valence-corrected chi connectivity index (χ4v) is 3.95. The highest BCUT2D eigenvalue weighted by Crippen LogP contribution is 2.31. The first-order chi connectivity index (χ1) is 14.4. The van der Waals surface area contributed by atoms with Crippen LogP contribution in [0.1, 0.15) is 30.2 Å². The summed E-state index contributed by atoms with van der Waals surface area (Å²) < 4.78 is 5.88. The minimum absolute atomic E-state index is 0.00626. The van der Waals surface area contributed by atoms with Crippen LogP contribution >= 0.6 is 11.6 Å². The Morgan fingerprint density at radius 3 is 2.83 bits per heavy atom. The van der Waals surface area contributed by atoms with Crippen molar-refractivity contribution in [1.82, 2.24) is 9.88 Å². The van der Waals surface area contributed by atoms with E-state index in [2.05, 4.69) is 15.2 Å². The molecule has 0 spiro atoms. The van der Waals surface area contributed by atoms with Crippen molar-refractivity contribution >= 4 is 40.0 Å². The van der Waals surface area contributed by atoms with E-state index in [9.17, 15) is 14.9 Å². The summed E-state index contributed by atoms with van der Waals surface area (Å²) in [6, 6.07) is 10.1. The topological polar surface area (TPSA) is 102 Å². The van der Waals surface area contributed by atoms with Gasteiger partial charge in [-0.25, -0.2) is 4.98 Å². The van der Waals surface area contributed by atoms with Crippen LogP contribution in [-0.2, 0) is 4.79 Å². The van der Waals surface area contributed by atoms with Crippen LogP contribution < -0.4 is 5.32 Å². The number of aromatic nitrogens is 1. The van der Waals surface area contributed by atoms with Gasteiger partial charge in [-0.2, -0.15) is 0 Å². The zero-order valence-corrected chi connectivity index (χ0v) is 17.2. The van der Waals surface area contributed by atoms with Crippen LogP contribution in [0.4, 0.5) is 11.4 Å². The van der Waals surface area contributed by atoms with E-state index in [-0.39, 0.29) is 24.1 Å². The van der Waals surface area contributed by atoms with Crippen LogP contribution in [0.3, 0.4) is 0 Å². The number of carbonyl (C=O) groups is 1. The number of nitro benzene ring substituents is 1. The largest absolute Gasteiger partial charge is 0.440 e. The molecule has 1 aliphatic rings. The molecule has 1 amide bonds. The number of piperidine rings is 1. The number of benzene rings is 2. The number of carbonyl (C=O) groups excluding carboxylic acids is 1. The minimum Gasteiger partial charge on any atom is -0.440 e. The molecule has 1 aromatic heterocycles. The number of amides is 1. The van der Waals surface area contributed by atoms with Crippen LogP contribution in [0.25, 0.3) is 11.1 Å². The normalized spacial score (nSPS) is 15.4. The average molecular weight is 429 g/mol. The molecule has 2 heterocycles. The maximum atomic E-state index is 12.4. The van der Waals surface area contributed by atoms with Crippen molar-refractivity contribution in [3.63, 3.8) is 0 Å². The van der Waals surface area contributed by atoms with Crippen molar-refractivity contribution in [3.8, 4) is 0 Å². The molecule has 1 saturated heterocycles. The van der Waals surface area contributed by atoms with Crippen molar-refractivity contribution in [1.29, 1.82) is 0 Å². The highest BCUT2D eigenvalue weighted by molar-refractivity contribution is 6.31. The Morgan fingerprint density at radius 1 is 1.33 bits per heavy atom. The van der Waals surface area contributed by atoms with E-state index >= 15 is 0 Å². The zero-order chi connectivity index (χ0) is 21.3.